The molecule has 0 radical (unpaired) electrons. The lowest BCUT2D eigenvalue weighted by Gasteiger charge is -2.34. The lowest BCUT2D eigenvalue weighted by molar-refractivity contribution is 0.186. The second-order valence-corrected chi connectivity index (χ2v) is 8.11. The second kappa shape index (κ2) is 8.08. The van der Waals surface area contributed by atoms with Crippen LogP contribution in [0.3, 0.4) is 0 Å². The lowest BCUT2D eigenvalue weighted by Crippen LogP contribution is -2.34. The minimum absolute atomic E-state index is 0.134. The molecule has 1 aromatic carbocycles. The predicted octanol–water partition coefficient (Wildman–Crippen LogP) is 3.41. The summed E-state index contributed by atoms with van der Waals surface area (Å²) >= 11 is 1.46. The molecule has 1 aliphatic heterocycles. The number of hydrogen-bond acceptors (Lipinski definition) is 8. The normalized spacial score (nSPS) is 16.1. The van der Waals surface area contributed by atoms with Crippen molar-refractivity contribution in [2.45, 2.75) is 32.2 Å². The molecule has 8 nitrogen and oxygen atoms in total. The highest BCUT2D eigenvalue weighted by molar-refractivity contribution is 7.17. The van der Waals surface area contributed by atoms with Crippen molar-refractivity contribution in [3.05, 3.63) is 28.4 Å². The van der Waals surface area contributed by atoms with Crippen molar-refractivity contribution in [1.82, 2.24) is 19.5 Å². The van der Waals surface area contributed by atoms with Crippen LogP contribution in [-0.4, -0.2) is 59.0 Å². The summed E-state index contributed by atoms with van der Waals surface area (Å²) in [6, 6.07) is 3.76. The number of aromatic hydroxyl groups is 1. The van der Waals surface area contributed by atoms with Gasteiger partial charge in [-0.3, -0.25) is 4.90 Å². The van der Waals surface area contributed by atoms with Crippen LogP contribution in [0.2, 0.25) is 0 Å². The molecule has 1 atom stereocenters. The van der Waals surface area contributed by atoms with Gasteiger partial charge in [0.15, 0.2) is 11.5 Å². The van der Waals surface area contributed by atoms with Gasteiger partial charge in [0.2, 0.25) is 16.6 Å². The fraction of sp³-hybridized carbons (Fsp3) is 0.500. The number of hydrogen-bond donors (Lipinski definition) is 1. The van der Waals surface area contributed by atoms with E-state index in [4.69, 9.17) is 14.2 Å². The number of aryl methyl sites for hydroxylation is 1. The molecule has 4 rings (SSSR count). The topological polar surface area (TPSA) is 81.4 Å². The molecule has 3 aromatic rings. The van der Waals surface area contributed by atoms with Gasteiger partial charge in [-0.2, -0.15) is 4.52 Å². The van der Waals surface area contributed by atoms with E-state index in [-0.39, 0.29) is 11.9 Å². The molecule has 1 N–H and O–H groups in total. The summed E-state index contributed by atoms with van der Waals surface area (Å²) in [7, 11) is 4.82. The van der Waals surface area contributed by atoms with Crippen molar-refractivity contribution >= 4 is 16.3 Å². The van der Waals surface area contributed by atoms with E-state index >= 15 is 0 Å². The summed E-state index contributed by atoms with van der Waals surface area (Å²) in [5.74, 6) is 2.52. The molecular weight excluding hydrogens is 392 g/mol. The minimum Gasteiger partial charge on any atom is -0.493 e. The van der Waals surface area contributed by atoms with E-state index < -0.39 is 0 Å². The van der Waals surface area contributed by atoms with Crippen molar-refractivity contribution in [3.63, 3.8) is 0 Å². The molecule has 1 aliphatic rings. The summed E-state index contributed by atoms with van der Waals surface area (Å²) in [5.41, 5.74) is 0.970. The highest BCUT2D eigenvalue weighted by atomic mass is 32.1. The molecule has 1 saturated heterocycles. The second-order valence-electron chi connectivity index (χ2n) is 7.10. The van der Waals surface area contributed by atoms with Crippen molar-refractivity contribution in [1.29, 1.82) is 0 Å². The Kier molecular flexibility index (Phi) is 5.51. The van der Waals surface area contributed by atoms with E-state index in [1.807, 2.05) is 19.1 Å². The molecule has 156 valence electrons. The van der Waals surface area contributed by atoms with Crippen molar-refractivity contribution in [3.8, 4) is 23.1 Å². The fourth-order valence-electron chi connectivity index (χ4n) is 3.99. The first-order valence-electron chi connectivity index (χ1n) is 9.66. The molecule has 29 heavy (non-hydrogen) atoms. The first-order chi connectivity index (χ1) is 14.1. The molecule has 0 bridgehead atoms. The van der Waals surface area contributed by atoms with Crippen molar-refractivity contribution in [2.24, 2.45) is 0 Å². The van der Waals surface area contributed by atoms with Crippen LogP contribution >= 0.6 is 11.3 Å². The number of fused-ring (bicyclic) bond motifs is 1. The zero-order valence-electron chi connectivity index (χ0n) is 17.1. The Hall–Kier alpha value is -2.52. The van der Waals surface area contributed by atoms with Gasteiger partial charge in [-0.05, 0) is 50.6 Å². The quantitative estimate of drug-likeness (QED) is 0.657. The largest absolute Gasteiger partial charge is 0.493 e. The van der Waals surface area contributed by atoms with E-state index in [9.17, 15) is 5.11 Å². The average molecular weight is 419 g/mol. The van der Waals surface area contributed by atoms with E-state index in [0.717, 1.165) is 36.4 Å². The van der Waals surface area contributed by atoms with Crippen LogP contribution in [-0.2, 0) is 0 Å². The summed E-state index contributed by atoms with van der Waals surface area (Å²) in [4.78, 5) is 8.32. The maximum Gasteiger partial charge on any atom is 0.230 e. The van der Waals surface area contributed by atoms with Gasteiger partial charge in [0.05, 0.1) is 32.2 Å². The third-order valence-corrected chi connectivity index (χ3v) is 6.39. The van der Waals surface area contributed by atoms with Gasteiger partial charge in [-0.25, -0.2) is 4.98 Å². The zero-order chi connectivity index (χ0) is 20.5. The van der Waals surface area contributed by atoms with Crippen molar-refractivity contribution in [2.75, 3.05) is 34.4 Å². The summed E-state index contributed by atoms with van der Waals surface area (Å²) in [6.07, 6.45) is 3.47. The number of aromatic nitrogens is 3. The minimum atomic E-state index is -0.155. The van der Waals surface area contributed by atoms with Crippen LogP contribution in [0.4, 0.5) is 0 Å². The molecule has 1 fully saturated rings. The third-order valence-electron chi connectivity index (χ3n) is 5.31. The van der Waals surface area contributed by atoms with Crippen molar-refractivity contribution < 1.29 is 19.3 Å². The number of likely N-dealkylation sites (tertiary alicyclic amines) is 1. The van der Waals surface area contributed by atoms with E-state index in [2.05, 4.69) is 15.0 Å². The number of benzene rings is 1. The van der Waals surface area contributed by atoms with Gasteiger partial charge in [0, 0.05) is 0 Å². The van der Waals surface area contributed by atoms with E-state index in [0.29, 0.717) is 28.0 Å². The molecule has 2 aromatic heterocycles. The highest BCUT2D eigenvalue weighted by Crippen LogP contribution is 2.46. The molecule has 9 heteroatoms. The van der Waals surface area contributed by atoms with Gasteiger partial charge in [-0.1, -0.05) is 17.8 Å². The SMILES string of the molecule is COc1cc(C(c2sc3nc(C)nn3c2O)N2CCCCC2)cc(OC)c1OC. The Morgan fingerprint density at radius 2 is 1.69 bits per heavy atom. The average Bonchev–Trinajstić information content (AvgIpc) is 3.25. The van der Waals surface area contributed by atoms with Crippen LogP contribution in [0.25, 0.3) is 4.96 Å². The Morgan fingerprint density at radius 1 is 1.03 bits per heavy atom. The summed E-state index contributed by atoms with van der Waals surface area (Å²) in [5, 5.41) is 15.3. The Balaban J connectivity index is 1.88. The van der Waals surface area contributed by atoms with Crippen LogP contribution in [0, 0.1) is 6.92 Å². The first-order valence-corrected chi connectivity index (χ1v) is 10.5. The van der Waals surface area contributed by atoms with E-state index in [1.165, 1.54) is 22.3 Å². The number of piperidine rings is 1. The molecule has 0 saturated carbocycles. The molecule has 0 aliphatic carbocycles. The van der Waals surface area contributed by atoms with Gasteiger partial charge >= 0.3 is 0 Å². The summed E-state index contributed by atoms with van der Waals surface area (Å²) < 4.78 is 18.1. The first kappa shape index (κ1) is 19.8. The number of methoxy groups -OCH3 is 3. The number of nitrogens with zero attached hydrogens (tertiary/aromatic N) is 4. The van der Waals surface area contributed by atoms with Gasteiger partial charge in [-0.15, -0.1) is 5.10 Å². The number of rotatable bonds is 6. The molecule has 0 spiro atoms. The van der Waals surface area contributed by atoms with Crippen LogP contribution in [0.15, 0.2) is 12.1 Å². The maximum absolute atomic E-state index is 11.0. The summed E-state index contributed by atoms with van der Waals surface area (Å²) in [6.45, 7) is 3.72. The fourth-order valence-corrected chi connectivity index (χ4v) is 5.15. The van der Waals surface area contributed by atoms with Gasteiger partial charge in [0.25, 0.3) is 0 Å². The lowest BCUT2D eigenvalue weighted by atomic mass is 9.99. The van der Waals surface area contributed by atoms with E-state index in [1.54, 1.807) is 21.3 Å². The zero-order valence-corrected chi connectivity index (χ0v) is 18.0. The van der Waals surface area contributed by atoms with Gasteiger partial charge in [0.1, 0.15) is 5.82 Å². The Bertz CT molecular complexity index is 984. The number of thiazole rings is 1. The van der Waals surface area contributed by atoms with Crippen LogP contribution < -0.4 is 14.2 Å². The standard InChI is InChI=1S/C20H26N4O4S/c1-12-21-20-24(22-12)19(25)18(29-20)16(23-8-6-5-7-9-23)13-10-14(26-2)17(28-4)15(11-13)27-3/h10-11,16,25H,5-9H2,1-4H3. The molecule has 1 unspecified atom stereocenters. The number of ether oxygens (including phenoxy) is 3. The van der Waals surface area contributed by atoms with Crippen LogP contribution in [0.1, 0.15) is 41.6 Å². The monoisotopic (exact) mass is 418 g/mol. The third kappa shape index (κ3) is 3.49. The highest BCUT2D eigenvalue weighted by Gasteiger charge is 2.32. The maximum atomic E-state index is 11.0. The molecule has 3 heterocycles. The Labute approximate surface area is 173 Å². The molecule has 0 amide bonds. The van der Waals surface area contributed by atoms with Gasteiger partial charge < -0.3 is 19.3 Å². The predicted molar refractivity (Wildman–Crippen MR) is 111 cm³/mol. The Morgan fingerprint density at radius 3 is 2.24 bits per heavy atom. The van der Waals surface area contributed by atoms with Crippen LogP contribution in [0.5, 0.6) is 23.1 Å². The smallest absolute Gasteiger partial charge is 0.230 e. The molecular formula is C20H26N4O4S.